The third-order valence-electron chi connectivity index (χ3n) is 5.01. The lowest BCUT2D eigenvalue weighted by atomic mass is 10.2. The highest BCUT2D eigenvalue weighted by Crippen LogP contribution is 2.28. The van der Waals surface area contributed by atoms with Gasteiger partial charge in [0.1, 0.15) is 5.75 Å². The molecule has 0 fully saturated rings. The van der Waals surface area contributed by atoms with Gasteiger partial charge < -0.3 is 14.4 Å². The van der Waals surface area contributed by atoms with Crippen LogP contribution in [0.15, 0.2) is 83.8 Å². The lowest BCUT2D eigenvalue weighted by Crippen LogP contribution is -2.31. The number of amides is 1. The average Bonchev–Trinajstić information content (AvgIpc) is 2.86. The summed E-state index contributed by atoms with van der Waals surface area (Å²) in [6, 6.07) is 21.4. The Labute approximate surface area is 199 Å². The van der Waals surface area contributed by atoms with E-state index in [1.165, 1.54) is 40.6 Å². The van der Waals surface area contributed by atoms with Crippen LogP contribution in [-0.4, -0.2) is 53.0 Å². The third kappa shape index (κ3) is 5.93. The van der Waals surface area contributed by atoms with E-state index in [0.717, 1.165) is 5.56 Å². The second-order valence-corrected chi connectivity index (χ2v) is 9.45. The second kappa shape index (κ2) is 10.8. The quantitative estimate of drug-likeness (QED) is 0.435. The van der Waals surface area contributed by atoms with Crippen LogP contribution in [0.4, 0.5) is 5.69 Å². The summed E-state index contributed by atoms with van der Waals surface area (Å²) in [6.07, 6.45) is 0. The minimum absolute atomic E-state index is 0.0297. The number of methoxy groups -OCH3 is 1. The van der Waals surface area contributed by atoms with Crippen LogP contribution in [-0.2, 0) is 26.1 Å². The molecule has 0 N–H and O–H groups in total. The van der Waals surface area contributed by atoms with Gasteiger partial charge in [0.05, 0.1) is 29.8 Å². The van der Waals surface area contributed by atoms with E-state index < -0.39 is 22.6 Å². The van der Waals surface area contributed by atoms with Gasteiger partial charge in [0.15, 0.2) is 6.61 Å². The summed E-state index contributed by atoms with van der Waals surface area (Å²) in [7, 11) is 0.560. The Morgan fingerprint density at radius 3 is 2.18 bits per heavy atom. The zero-order chi connectivity index (χ0) is 24.7. The fourth-order valence-corrected chi connectivity index (χ4v) is 4.56. The first-order valence-corrected chi connectivity index (χ1v) is 11.8. The van der Waals surface area contributed by atoms with Gasteiger partial charge in [-0.2, -0.15) is 0 Å². The van der Waals surface area contributed by atoms with E-state index in [1.807, 2.05) is 30.3 Å². The molecule has 0 bridgehead atoms. The molecule has 0 saturated heterocycles. The molecular formula is C25H26N2O6S. The summed E-state index contributed by atoms with van der Waals surface area (Å²) >= 11 is 0. The molecule has 0 radical (unpaired) electrons. The van der Waals surface area contributed by atoms with Gasteiger partial charge >= 0.3 is 5.97 Å². The maximum Gasteiger partial charge on any atom is 0.338 e. The Morgan fingerprint density at radius 1 is 0.882 bits per heavy atom. The number of nitrogens with zero attached hydrogens (tertiary/aromatic N) is 2. The third-order valence-corrected chi connectivity index (χ3v) is 6.78. The average molecular weight is 483 g/mol. The Kier molecular flexibility index (Phi) is 7.91. The molecule has 3 rings (SSSR count). The Morgan fingerprint density at radius 2 is 1.56 bits per heavy atom. The monoisotopic (exact) mass is 482 g/mol. The Balaban J connectivity index is 1.95. The van der Waals surface area contributed by atoms with Crippen molar-refractivity contribution >= 4 is 27.6 Å². The number of rotatable bonds is 9. The largest absolute Gasteiger partial charge is 0.497 e. The number of anilines is 1. The number of likely N-dealkylation sites (N-methyl/N-ethyl adjacent to an activating group) is 1. The van der Waals surface area contributed by atoms with Crippen molar-refractivity contribution in [2.24, 2.45) is 0 Å². The van der Waals surface area contributed by atoms with Crippen LogP contribution in [0, 0.1) is 0 Å². The highest BCUT2D eigenvalue weighted by Gasteiger charge is 2.26. The van der Waals surface area contributed by atoms with Crippen LogP contribution in [0.1, 0.15) is 15.9 Å². The summed E-state index contributed by atoms with van der Waals surface area (Å²) in [5.74, 6) is -0.574. The Bertz CT molecular complexity index is 1240. The van der Waals surface area contributed by atoms with Crippen LogP contribution >= 0.6 is 0 Å². The molecule has 9 heteroatoms. The summed E-state index contributed by atoms with van der Waals surface area (Å²) in [5, 5.41) is 0. The normalized spacial score (nSPS) is 10.9. The molecule has 0 unspecified atom stereocenters. The fourth-order valence-electron chi connectivity index (χ4n) is 3.06. The zero-order valence-corrected chi connectivity index (χ0v) is 20.0. The van der Waals surface area contributed by atoms with Crippen LogP contribution in [0.25, 0.3) is 0 Å². The van der Waals surface area contributed by atoms with E-state index in [4.69, 9.17) is 9.47 Å². The number of hydrogen-bond acceptors (Lipinski definition) is 6. The van der Waals surface area contributed by atoms with Gasteiger partial charge in [0.2, 0.25) is 0 Å². The molecule has 3 aromatic rings. The summed E-state index contributed by atoms with van der Waals surface area (Å²) in [6.45, 7) is -0.351. The SMILES string of the molecule is COc1ccc(N(Cc2ccccc2)S(=O)(=O)c2cccc(C(=O)OCC(=O)N(C)C)c2)cc1. The lowest BCUT2D eigenvalue weighted by Gasteiger charge is -2.25. The number of esters is 1. The first-order valence-electron chi connectivity index (χ1n) is 10.4. The van der Waals surface area contributed by atoms with Gasteiger partial charge in [-0.3, -0.25) is 9.10 Å². The van der Waals surface area contributed by atoms with Crippen LogP contribution in [0.5, 0.6) is 5.75 Å². The van der Waals surface area contributed by atoms with Crippen LogP contribution in [0.2, 0.25) is 0 Å². The number of carbonyl (C=O) groups is 2. The molecule has 34 heavy (non-hydrogen) atoms. The predicted octanol–water partition coefficient (Wildman–Crippen LogP) is 3.34. The van der Waals surface area contributed by atoms with Crippen molar-refractivity contribution in [3.05, 3.63) is 90.0 Å². The van der Waals surface area contributed by atoms with Crippen molar-refractivity contribution in [1.82, 2.24) is 4.90 Å². The van der Waals surface area contributed by atoms with Gasteiger partial charge in [-0.25, -0.2) is 13.2 Å². The first-order chi connectivity index (χ1) is 16.2. The molecule has 3 aromatic carbocycles. The summed E-state index contributed by atoms with van der Waals surface area (Å²) < 4.78 is 38.9. The predicted molar refractivity (Wildman–Crippen MR) is 128 cm³/mol. The number of sulfonamides is 1. The number of carbonyl (C=O) groups excluding carboxylic acids is 2. The maximum atomic E-state index is 13.7. The molecule has 8 nitrogen and oxygen atoms in total. The van der Waals surface area contributed by atoms with Gasteiger partial charge in [-0.1, -0.05) is 36.4 Å². The molecule has 0 saturated carbocycles. The number of ether oxygens (including phenoxy) is 2. The van der Waals surface area contributed by atoms with E-state index >= 15 is 0 Å². The van der Waals surface area contributed by atoms with Crippen molar-refractivity contribution in [3.63, 3.8) is 0 Å². The molecule has 0 aromatic heterocycles. The molecular weight excluding hydrogens is 456 g/mol. The van der Waals surface area contributed by atoms with Crippen molar-refractivity contribution in [2.75, 3.05) is 32.1 Å². The molecule has 0 aliphatic carbocycles. The van der Waals surface area contributed by atoms with Gasteiger partial charge in [0, 0.05) is 14.1 Å². The fraction of sp³-hybridized carbons (Fsp3) is 0.200. The smallest absolute Gasteiger partial charge is 0.338 e. The molecule has 0 heterocycles. The van der Waals surface area contributed by atoms with E-state index in [9.17, 15) is 18.0 Å². The van der Waals surface area contributed by atoms with Crippen molar-refractivity contribution in [2.45, 2.75) is 11.4 Å². The standard InChI is InChI=1S/C25H26N2O6S/c1-26(2)24(28)18-33-25(29)20-10-7-11-23(16-20)34(30,31)27(17-19-8-5-4-6-9-19)21-12-14-22(32-3)15-13-21/h4-16H,17-18H2,1-3H3. The molecule has 0 spiro atoms. The second-order valence-electron chi connectivity index (χ2n) is 7.59. The number of hydrogen-bond donors (Lipinski definition) is 0. The topological polar surface area (TPSA) is 93.2 Å². The van der Waals surface area contributed by atoms with E-state index in [1.54, 1.807) is 38.4 Å². The molecule has 0 aliphatic rings. The van der Waals surface area contributed by atoms with E-state index in [0.29, 0.717) is 11.4 Å². The molecule has 0 aliphatic heterocycles. The van der Waals surface area contributed by atoms with E-state index in [-0.39, 0.29) is 22.9 Å². The van der Waals surface area contributed by atoms with Crippen LogP contribution < -0.4 is 9.04 Å². The minimum atomic E-state index is -4.06. The first kappa shape index (κ1) is 24.8. The maximum absolute atomic E-state index is 13.7. The summed E-state index contributed by atoms with van der Waals surface area (Å²) in [5.41, 5.74) is 1.26. The van der Waals surface area contributed by atoms with Gasteiger partial charge in [-0.15, -0.1) is 0 Å². The highest BCUT2D eigenvalue weighted by atomic mass is 32.2. The van der Waals surface area contributed by atoms with Crippen molar-refractivity contribution < 1.29 is 27.5 Å². The Hall–Kier alpha value is -3.85. The molecule has 0 atom stereocenters. The van der Waals surface area contributed by atoms with Crippen LogP contribution in [0.3, 0.4) is 0 Å². The number of benzene rings is 3. The van der Waals surface area contributed by atoms with Gasteiger partial charge in [-0.05, 0) is 48.0 Å². The summed E-state index contributed by atoms with van der Waals surface area (Å²) in [4.78, 5) is 25.4. The van der Waals surface area contributed by atoms with E-state index in [2.05, 4.69) is 0 Å². The minimum Gasteiger partial charge on any atom is -0.497 e. The molecule has 178 valence electrons. The molecule has 1 amide bonds. The lowest BCUT2D eigenvalue weighted by molar-refractivity contribution is -0.131. The van der Waals surface area contributed by atoms with Gasteiger partial charge in [0.25, 0.3) is 15.9 Å². The highest BCUT2D eigenvalue weighted by molar-refractivity contribution is 7.92. The zero-order valence-electron chi connectivity index (χ0n) is 19.2. The van der Waals surface area contributed by atoms with Crippen molar-refractivity contribution in [1.29, 1.82) is 0 Å². The van der Waals surface area contributed by atoms with Crippen molar-refractivity contribution in [3.8, 4) is 5.75 Å².